The molecule has 0 aliphatic heterocycles. The van der Waals surface area contributed by atoms with Crippen LogP contribution in [0.2, 0.25) is 0 Å². The molecule has 1 saturated carbocycles. The zero-order valence-corrected chi connectivity index (χ0v) is 20.5. The molecule has 5 aromatic rings. The predicted molar refractivity (Wildman–Crippen MR) is 143 cm³/mol. The SMILES string of the molecule is N#CC1(c2cccc(C(=O)Nc3cccc(Oc4ccc5nc(NC(=O)c6cccnc6)cn5n4)c3)c2)CC1. The van der Waals surface area contributed by atoms with E-state index in [1.165, 1.54) is 10.7 Å². The van der Waals surface area contributed by atoms with Crippen LogP contribution in [0.4, 0.5) is 11.5 Å². The molecule has 6 rings (SSSR count). The van der Waals surface area contributed by atoms with Crippen LogP contribution in [-0.2, 0) is 5.41 Å². The van der Waals surface area contributed by atoms with Crippen LogP contribution in [0.5, 0.6) is 11.6 Å². The first-order valence-corrected chi connectivity index (χ1v) is 12.2. The third-order valence-corrected chi connectivity index (χ3v) is 6.42. The van der Waals surface area contributed by atoms with E-state index < -0.39 is 5.41 Å². The van der Waals surface area contributed by atoms with Gasteiger partial charge in [0.25, 0.3) is 11.8 Å². The molecule has 1 aliphatic carbocycles. The third-order valence-electron chi connectivity index (χ3n) is 6.42. The fourth-order valence-electron chi connectivity index (χ4n) is 4.17. The number of imidazole rings is 1. The maximum atomic E-state index is 12.9. The second-order valence-electron chi connectivity index (χ2n) is 9.16. The summed E-state index contributed by atoms with van der Waals surface area (Å²) in [5, 5.41) is 19.5. The Balaban J connectivity index is 1.14. The van der Waals surface area contributed by atoms with Crippen LogP contribution in [0.15, 0.2) is 91.4 Å². The number of pyridine rings is 1. The number of ether oxygens (including phenoxy) is 1. The van der Waals surface area contributed by atoms with Crippen LogP contribution in [0, 0.1) is 11.3 Å². The molecule has 0 radical (unpaired) electrons. The van der Waals surface area contributed by atoms with Crippen molar-refractivity contribution in [2.75, 3.05) is 10.6 Å². The Bertz CT molecular complexity index is 1750. The Morgan fingerprint density at radius 3 is 2.56 bits per heavy atom. The summed E-state index contributed by atoms with van der Waals surface area (Å²) in [5.74, 6) is 0.504. The highest BCUT2D eigenvalue weighted by Gasteiger charge is 2.45. The van der Waals surface area contributed by atoms with Crippen molar-refractivity contribution >= 4 is 29.0 Å². The monoisotopic (exact) mass is 515 g/mol. The molecule has 0 atom stereocenters. The van der Waals surface area contributed by atoms with Crippen LogP contribution >= 0.6 is 0 Å². The molecule has 1 fully saturated rings. The quantitative estimate of drug-likeness (QED) is 0.312. The molecule has 0 unspecified atom stereocenters. The summed E-state index contributed by atoms with van der Waals surface area (Å²) in [6.45, 7) is 0. The summed E-state index contributed by atoms with van der Waals surface area (Å²) >= 11 is 0. The normalized spacial score (nSPS) is 13.3. The first kappa shape index (κ1) is 23.8. The highest BCUT2D eigenvalue weighted by molar-refractivity contribution is 6.04. The van der Waals surface area contributed by atoms with E-state index in [4.69, 9.17) is 4.74 Å². The van der Waals surface area contributed by atoms with E-state index in [0.717, 1.165) is 18.4 Å². The van der Waals surface area contributed by atoms with Gasteiger partial charge in [-0.2, -0.15) is 5.26 Å². The molecule has 0 bridgehead atoms. The molecule has 10 heteroatoms. The maximum Gasteiger partial charge on any atom is 0.258 e. The highest BCUT2D eigenvalue weighted by Crippen LogP contribution is 2.47. The van der Waals surface area contributed by atoms with Crippen LogP contribution in [0.3, 0.4) is 0 Å². The summed E-state index contributed by atoms with van der Waals surface area (Å²) in [7, 11) is 0. The van der Waals surface area contributed by atoms with Crippen molar-refractivity contribution in [1.29, 1.82) is 5.26 Å². The molecule has 2 amide bonds. The van der Waals surface area contributed by atoms with Gasteiger partial charge in [-0.1, -0.05) is 18.2 Å². The largest absolute Gasteiger partial charge is 0.438 e. The van der Waals surface area contributed by atoms with Gasteiger partial charge in [0.1, 0.15) is 5.75 Å². The number of benzene rings is 2. The number of anilines is 2. The van der Waals surface area contributed by atoms with Gasteiger partial charge >= 0.3 is 0 Å². The molecule has 39 heavy (non-hydrogen) atoms. The number of nitrogens with zero attached hydrogens (tertiary/aromatic N) is 5. The molecule has 1 aliphatic rings. The van der Waals surface area contributed by atoms with E-state index in [2.05, 4.69) is 31.8 Å². The molecule has 2 aromatic carbocycles. The second-order valence-corrected chi connectivity index (χ2v) is 9.16. The fraction of sp³-hybridized carbons (Fsp3) is 0.103. The number of carbonyl (C=O) groups excluding carboxylic acids is 2. The second kappa shape index (κ2) is 9.72. The maximum absolute atomic E-state index is 12.9. The van der Waals surface area contributed by atoms with Gasteiger partial charge in [0.2, 0.25) is 5.88 Å². The molecule has 3 aromatic heterocycles. The van der Waals surface area contributed by atoms with Crippen molar-refractivity contribution in [1.82, 2.24) is 19.6 Å². The summed E-state index contributed by atoms with van der Waals surface area (Å²) in [5.41, 5.74) is 2.39. The van der Waals surface area contributed by atoms with Crippen molar-refractivity contribution < 1.29 is 14.3 Å². The zero-order valence-electron chi connectivity index (χ0n) is 20.5. The van der Waals surface area contributed by atoms with Gasteiger partial charge in [-0.3, -0.25) is 14.6 Å². The van der Waals surface area contributed by atoms with Crippen molar-refractivity contribution in [2.45, 2.75) is 18.3 Å². The number of aromatic nitrogens is 4. The lowest BCUT2D eigenvalue weighted by atomic mass is 9.96. The topological polar surface area (TPSA) is 134 Å². The van der Waals surface area contributed by atoms with Crippen molar-refractivity contribution in [3.8, 4) is 17.7 Å². The predicted octanol–water partition coefficient (Wildman–Crippen LogP) is 4.98. The van der Waals surface area contributed by atoms with Gasteiger partial charge in [0.05, 0.1) is 23.2 Å². The Kier molecular flexibility index (Phi) is 5.93. The summed E-state index contributed by atoms with van der Waals surface area (Å²) in [6, 6.07) is 23.2. The molecule has 190 valence electrons. The summed E-state index contributed by atoms with van der Waals surface area (Å²) in [4.78, 5) is 33.6. The number of hydrogen-bond donors (Lipinski definition) is 2. The van der Waals surface area contributed by atoms with Crippen molar-refractivity contribution in [3.05, 3.63) is 108 Å². The van der Waals surface area contributed by atoms with Gasteiger partial charge in [-0.15, -0.1) is 5.10 Å². The summed E-state index contributed by atoms with van der Waals surface area (Å²) < 4.78 is 7.42. The minimum atomic E-state index is -0.459. The third kappa shape index (κ3) is 5.01. The van der Waals surface area contributed by atoms with E-state index in [0.29, 0.717) is 39.9 Å². The number of nitriles is 1. The number of nitrogens with one attached hydrogen (secondary N) is 2. The number of rotatable bonds is 7. The standard InChI is InChI=1S/C29H21N7O3/c30-18-29(11-12-29)21-6-1-4-19(14-21)27(37)32-22-7-2-8-23(15-22)39-26-10-9-25-33-24(17-36(25)35-26)34-28(38)20-5-3-13-31-16-20/h1-10,13-17H,11-12H2,(H,32,37)(H,34,38). The highest BCUT2D eigenvalue weighted by atomic mass is 16.5. The minimum absolute atomic E-state index is 0.276. The molecule has 3 heterocycles. The first-order chi connectivity index (χ1) is 19.0. The number of amides is 2. The number of fused-ring (bicyclic) bond motifs is 1. The molecule has 0 saturated heterocycles. The van der Waals surface area contributed by atoms with Gasteiger partial charge in [-0.25, -0.2) is 9.50 Å². The Labute approximate surface area is 222 Å². The van der Waals surface area contributed by atoms with Crippen LogP contribution < -0.4 is 15.4 Å². The average Bonchev–Trinajstić information content (AvgIpc) is 3.67. The summed E-state index contributed by atoms with van der Waals surface area (Å²) in [6.07, 6.45) is 6.28. The molecule has 10 nitrogen and oxygen atoms in total. The van der Waals surface area contributed by atoms with E-state index in [9.17, 15) is 14.9 Å². The number of hydrogen-bond acceptors (Lipinski definition) is 7. The zero-order chi connectivity index (χ0) is 26.8. The van der Waals surface area contributed by atoms with E-state index in [1.807, 2.05) is 6.07 Å². The van der Waals surface area contributed by atoms with Crippen LogP contribution in [0.1, 0.15) is 39.1 Å². The molecular weight excluding hydrogens is 494 g/mol. The molecule has 0 spiro atoms. The molecular formula is C29H21N7O3. The molecule has 2 N–H and O–H groups in total. The first-order valence-electron chi connectivity index (χ1n) is 12.2. The van der Waals surface area contributed by atoms with Gasteiger partial charge in [-0.05, 0) is 60.9 Å². The lowest BCUT2D eigenvalue weighted by molar-refractivity contribution is 0.101. The van der Waals surface area contributed by atoms with E-state index >= 15 is 0 Å². The van der Waals surface area contributed by atoms with Gasteiger partial charge in [0.15, 0.2) is 11.5 Å². The lowest BCUT2D eigenvalue weighted by Gasteiger charge is -2.11. The van der Waals surface area contributed by atoms with Gasteiger partial charge < -0.3 is 15.4 Å². The number of carbonyl (C=O) groups is 2. The van der Waals surface area contributed by atoms with Crippen molar-refractivity contribution in [3.63, 3.8) is 0 Å². The van der Waals surface area contributed by atoms with Crippen molar-refractivity contribution in [2.24, 2.45) is 0 Å². The minimum Gasteiger partial charge on any atom is -0.438 e. The van der Waals surface area contributed by atoms with Gasteiger partial charge in [0, 0.05) is 35.8 Å². The van der Waals surface area contributed by atoms with E-state index in [-0.39, 0.29) is 11.8 Å². The van der Waals surface area contributed by atoms with E-state index in [1.54, 1.807) is 79.1 Å². The Morgan fingerprint density at radius 1 is 0.949 bits per heavy atom. The lowest BCUT2D eigenvalue weighted by Crippen LogP contribution is -2.13. The Hall–Kier alpha value is -5.56. The van der Waals surface area contributed by atoms with Crippen LogP contribution in [0.25, 0.3) is 5.65 Å². The van der Waals surface area contributed by atoms with Crippen LogP contribution in [-0.4, -0.2) is 31.4 Å². The smallest absolute Gasteiger partial charge is 0.258 e. The average molecular weight is 516 g/mol. The fourth-order valence-corrected chi connectivity index (χ4v) is 4.17. The Morgan fingerprint density at radius 2 is 1.77 bits per heavy atom.